The predicted molar refractivity (Wildman–Crippen MR) is 78.4 cm³/mol. The Hall–Kier alpha value is -2.36. The number of benzene rings is 1. The molecule has 1 atom stereocenters. The standard InChI is InChI=1S/C16H17N3O/c1-2-11-19-15(12-7-9-17-10-8-12)18-14-6-4-3-5-13(14)16(19)20/h3-10,15,18H,2,11H2,1H3/t15-/m0/s1. The summed E-state index contributed by atoms with van der Waals surface area (Å²) in [6.07, 6.45) is 4.32. The Morgan fingerprint density at radius 1 is 1.20 bits per heavy atom. The molecule has 1 amide bonds. The number of carbonyl (C=O) groups is 1. The number of para-hydroxylation sites is 1. The Morgan fingerprint density at radius 2 is 1.95 bits per heavy atom. The van der Waals surface area contributed by atoms with E-state index < -0.39 is 0 Å². The highest BCUT2D eigenvalue weighted by atomic mass is 16.2. The molecule has 2 aromatic rings. The minimum Gasteiger partial charge on any atom is -0.361 e. The van der Waals surface area contributed by atoms with Crippen molar-refractivity contribution in [1.82, 2.24) is 9.88 Å². The van der Waals surface area contributed by atoms with Crippen LogP contribution in [0.3, 0.4) is 0 Å². The van der Waals surface area contributed by atoms with Gasteiger partial charge in [0.15, 0.2) is 0 Å². The maximum absolute atomic E-state index is 12.7. The summed E-state index contributed by atoms with van der Waals surface area (Å²) in [4.78, 5) is 18.6. The van der Waals surface area contributed by atoms with Crippen LogP contribution in [-0.4, -0.2) is 22.3 Å². The second kappa shape index (κ2) is 5.33. The lowest BCUT2D eigenvalue weighted by atomic mass is 10.0. The van der Waals surface area contributed by atoms with Gasteiger partial charge >= 0.3 is 0 Å². The normalized spacial score (nSPS) is 17.6. The fourth-order valence-corrected chi connectivity index (χ4v) is 2.57. The fourth-order valence-electron chi connectivity index (χ4n) is 2.57. The zero-order valence-corrected chi connectivity index (χ0v) is 11.4. The summed E-state index contributed by atoms with van der Waals surface area (Å²) < 4.78 is 0. The first-order valence-electron chi connectivity index (χ1n) is 6.87. The van der Waals surface area contributed by atoms with Gasteiger partial charge in [-0.2, -0.15) is 0 Å². The van der Waals surface area contributed by atoms with Gasteiger partial charge in [0.05, 0.1) is 5.56 Å². The van der Waals surface area contributed by atoms with Crippen molar-refractivity contribution in [3.63, 3.8) is 0 Å². The van der Waals surface area contributed by atoms with Crippen LogP contribution in [0.4, 0.5) is 5.69 Å². The Labute approximate surface area is 118 Å². The minimum absolute atomic E-state index is 0.0861. The molecule has 20 heavy (non-hydrogen) atoms. The molecule has 3 rings (SSSR count). The van der Waals surface area contributed by atoms with E-state index in [0.29, 0.717) is 0 Å². The van der Waals surface area contributed by atoms with Crippen molar-refractivity contribution in [3.05, 3.63) is 59.9 Å². The molecule has 1 N–H and O–H groups in total. The summed E-state index contributed by atoms with van der Waals surface area (Å²) >= 11 is 0. The number of fused-ring (bicyclic) bond motifs is 1. The van der Waals surface area contributed by atoms with Gasteiger partial charge in [0.2, 0.25) is 0 Å². The lowest BCUT2D eigenvalue weighted by Crippen LogP contribution is -2.43. The van der Waals surface area contributed by atoms with Gasteiger partial charge in [0.25, 0.3) is 5.91 Å². The lowest BCUT2D eigenvalue weighted by Gasteiger charge is -2.38. The average Bonchev–Trinajstić information content (AvgIpc) is 2.51. The van der Waals surface area contributed by atoms with Crippen LogP contribution in [0.2, 0.25) is 0 Å². The smallest absolute Gasteiger partial charge is 0.257 e. The van der Waals surface area contributed by atoms with Gasteiger partial charge in [0, 0.05) is 24.6 Å². The molecule has 102 valence electrons. The van der Waals surface area contributed by atoms with E-state index in [0.717, 1.165) is 29.8 Å². The summed E-state index contributed by atoms with van der Waals surface area (Å²) in [5, 5.41) is 3.46. The Balaban J connectivity index is 2.03. The van der Waals surface area contributed by atoms with Gasteiger partial charge in [-0.25, -0.2) is 0 Å². The van der Waals surface area contributed by atoms with Crippen LogP contribution < -0.4 is 5.32 Å². The van der Waals surface area contributed by atoms with E-state index >= 15 is 0 Å². The van der Waals surface area contributed by atoms with Crippen LogP contribution in [0.25, 0.3) is 0 Å². The van der Waals surface area contributed by atoms with E-state index in [-0.39, 0.29) is 12.1 Å². The van der Waals surface area contributed by atoms with Gasteiger partial charge in [0.1, 0.15) is 6.17 Å². The van der Waals surface area contributed by atoms with Gasteiger partial charge in [-0.1, -0.05) is 19.1 Å². The second-order valence-electron chi connectivity index (χ2n) is 4.87. The average molecular weight is 267 g/mol. The highest BCUT2D eigenvalue weighted by molar-refractivity contribution is 6.01. The zero-order chi connectivity index (χ0) is 13.9. The summed E-state index contributed by atoms with van der Waals surface area (Å²) in [5.41, 5.74) is 2.69. The van der Waals surface area contributed by atoms with Crippen LogP contribution in [0, 0.1) is 0 Å². The third kappa shape index (κ3) is 2.13. The number of nitrogens with zero attached hydrogens (tertiary/aromatic N) is 2. The van der Waals surface area contributed by atoms with Crippen molar-refractivity contribution >= 4 is 11.6 Å². The molecule has 1 aliphatic rings. The van der Waals surface area contributed by atoms with Crippen LogP contribution in [-0.2, 0) is 0 Å². The molecule has 0 unspecified atom stereocenters. The molecule has 1 aromatic heterocycles. The molecule has 0 fully saturated rings. The van der Waals surface area contributed by atoms with E-state index in [1.165, 1.54) is 0 Å². The van der Waals surface area contributed by atoms with Crippen molar-refractivity contribution in [2.75, 3.05) is 11.9 Å². The number of carbonyl (C=O) groups excluding carboxylic acids is 1. The fraction of sp³-hybridized carbons (Fsp3) is 0.250. The number of rotatable bonds is 3. The Kier molecular flexibility index (Phi) is 3.37. The summed E-state index contributed by atoms with van der Waals surface area (Å²) in [7, 11) is 0. The van der Waals surface area contributed by atoms with Crippen molar-refractivity contribution < 1.29 is 4.79 Å². The molecule has 0 radical (unpaired) electrons. The van der Waals surface area contributed by atoms with Crippen molar-refractivity contribution in [2.24, 2.45) is 0 Å². The zero-order valence-electron chi connectivity index (χ0n) is 11.4. The van der Waals surface area contributed by atoms with Crippen LogP contribution >= 0.6 is 0 Å². The van der Waals surface area contributed by atoms with E-state index in [2.05, 4.69) is 17.2 Å². The van der Waals surface area contributed by atoms with Gasteiger partial charge < -0.3 is 10.2 Å². The maximum Gasteiger partial charge on any atom is 0.257 e. The minimum atomic E-state index is -0.125. The largest absolute Gasteiger partial charge is 0.361 e. The SMILES string of the molecule is CCCN1C(=O)c2ccccc2N[C@@H]1c1ccncc1. The first-order chi connectivity index (χ1) is 9.81. The molecule has 1 aliphatic heterocycles. The number of hydrogen-bond acceptors (Lipinski definition) is 3. The number of amides is 1. The number of aromatic nitrogens is 1. The Bertz CT molecular complexity index is 612. The molecular formula is C16H17N3O. The summed E-state index contributed by atoms with van der Waals surface area (Å²) in [5.74, 6) is 0.0861. The van der Waals surface area contributed by atoms with Crippen LogP contribution in [0.15, 0.2) is 48.8 Å². The number of hydrogen-bond donors (Lipinski definition) is 1. The molecule has 0 bridgehead atoms. The molecule has 0 saturated heterocycles. The van der Waals surface area contributed by atoms with Crippen molar-refractivity contribution in [3.8, 4) is 0 Å². The van der Waals surface area contributed by atoms with Crippen LogP contribution in [0.5, 0.6) is 0 Å². The van der Waals surface area contributed by atoms with E-state index in [4.69, 9.17) is 0 Å². The summed E-state index contributed by atoms with van der Waals surface area (Å²) in [6.45, 7) is 2.81. The van der Waals surface area contributed by atoms with E-state index in [9.17, 15) is 4.79 Å². The molecule has 4 nitrogen and oxygen atoms in total. The van der Waals surface area contributed by atoms with Crippen molar-refractivity contribution in [1.29, 1.82) is 0 Å². The number of anilines is 1. The molecule has 0 saturated carbocycles. The van der Waals surface area contributed by atoms with Crippen molar-refractivity contribution in [2.45, 2.75) is 19.5 Å². The van der Waals surface area contributed by atoms with Gasteiger partial charge in [-0.15, -0.1) is 0 Å². The highest BCUT2D eigenvalue weighted by Crippen LogP contribution is 2.32. The topological polar surface area (TPSA) is 45.2 Å². The molecular weight excluding hydrogens is 250 g/mol. The van der Waals surface area contributed by atoms with E-state index in [1.807, 2.05) is 41.3 Å². The van der Waals surface area contributed by atoms with E-state index in [1.54, 1.807) is 12.4 Å². The third-order valence-corrected chi connectivity index (χ3v) is 3.51. The van der Waals surface area contributed by atoms with Gasteiger partial charge in [-0.3, -0.25) is 9.78 Å². The predicted octanol–water partition coefficient (Wildman–Crippen LogP) is 3.06. The number of pyridine rings is 1. The molecule has 4 heteroatoms. The molecule has 0 spiro atoms. The lowest BCUT2D eigenvalue weighted by molar-refractivity contribution is 0.0683. The quantitative estimate of drug-likeness (QED) is 0.929. The third-order valence-electron chi connectivity index (χ3n) is 3.51. The summed E-state index contributed by atoms with van der Waals surface area (Å²) in [6, 6.07) is 11.6. The molecule has 0 aliphatic carbocycles. The molecule has 1 aromatic carbocycles. The Morgan fingerprint density at radius 3 is 2.70 bits per heavy atom. The van der Waals surface area contributed by atoms with Gasteiger partial charge in [-0.05, 0) is 36.2 Å². The first-order valence-corrected chi connectivity index (χ1v) is 6.87. The molecule has 2 heterocycles. The second-order valence-corrected chi connectivity index (χ2v) is 4.87. The first kappa shape index (κ1) is 12.7. The maximum atomic E-state index is 12.7. The number of nitrogens with one attached hydrogen (secondary N) is 1. The van der Waals surface area contributed by atoms with Crippen LogP contribution in [0.1, 0.15) is 35.4 Å². The monoisotopic (exact) mass is 267 g/mol. The highest BCUT2D eigenvalue weighted by Gasteiger charge is 2.31.